The highest BCUT2D eigenvalue weighted by atomic mass is 79.9. The van der Waals surface area contributed by atoms with E-state index in [1.165, 1.54) is 12.1 Å². The van der Waals surface area contributed by atoms with E-state index in [2.05, 4.69) is 26.2 Å². The number of amides is 1. The molecule has 1 aromatic carbocycles. The Kier molecular flexibility index (Phi) is 4.70. The van der Waals surface area contributed by atoms with E-state index in [1.807, 2.05) is 13.0 Å². The first kappa shape index (κ1) is 15.2. The quantitative estimate of drug-likeness (QED) is 0.889. The predicted octanol–water partition coefficient (Wildman–Crippen LogP) is 3.03. The largest absolute Gasteiger partial charge is 0.478 e. The molecule has 6 heteroatoms. The number of nitrogens with zero attached hydrogens (tertiary/aromatic N) is 1. The van der Waals surface area contributed by atoms with Crippen LogP contribution in [0.2, 0.25) is 0 Å². The Balaban J connectivity index is 2.19. The molecule has 2 rings (SSSR count). The SMILES string of the molecule is CC(NC(=O)c1cc(Br)cc(C(=O)O)c1)c1cccnc1. The molecule has 0 aliphatic rings. The number of carboxylic acids is 1. The van der Waals surface area contributed by atoms with Gasteiger partial charge in [0.05, 0.1) is 11.6 Å². The fraction of sp³-hybridized carbons (Fsp3) is 0.133. The van der Waals surface area contributed by atoms with E-state index in [0.29, 0.717) is 4.47 Å². The van der Waals surface area contributed by atoms with Crippen molar-refractivity contribution in [1.29, 1.82) is 0 Å². The third-order valence-electron chi connectivity index (χ3n) is 2.94. The lowest BCUT2D eigenvalue weighted by molar-refractivity contribution is 0.0697. The fourth-order valence-electron chi connectivity index (χ4n) is 1.84. The maximum absolute atomic E-state index is 12.2. The van der Waals surface area contributed by atoms with Gasteiger partial charge in [0.25, 0.3) is 5.91 Å². The minimum atomic E-state index is -1.08. The van der Waals surface area contributed by atoms with E-state index in [1.54, 1.807) is 24.5 Å². The molecule has 0 fully saturated rings. The molecule has 0 saturated heterocycles. The average molecular weight is 349 g/mol. The highest BCUT2D eigenvalue weighted by Crippen LogP contribution is 2.17. The van der Waals surface area contributed by atoms with Crippen molar-refractivity contribution in [2.24, 2.45) is 0 Å². The van der Waals surface area contributed by atoms with Crippen LogP contribution in [0.4, 0.5) is 0 Å². The highest BCUT2D eigenvalue weighted by Gasteiger charge is 2.14. The molecule has 1 aromatic heterocycles. The second-order valence-electron chi connectivity index (χ2n) is 4.52. The first-order valence-corrected chi connectivity index (χ1v) is 7.01. The van der Waals surface area contributed by atoms with Crippen molar-refractivity contribution in [3.8, 4) is 0 Å². The molecule has 0 aliphatic heterocycles. The molecule has 21 heavy (non-hydrogen) atoms. The molecule has 2 aromatic rings. The van der Waals surface area contributed by atoms with E-state index in [4.69, 9.17) is 5.11 Å². The summed E-state index contributed by atoms with van der Waals surface area (Å²) in [6.45, 7) is 1.84. The van der Waals surface area contributed by atoms with Crippen molar-refractivity contribution in [2.45, 2.75) is 13.0 Å². The lowest BCUT2D eigenvalue weighted by Crippen LogP contribution is -2.27. The lowest BCUT2D eigenvalue weighted by Gasteiger charge is -2.14. The molecule has 1 unspecified atom stereocenters. The number of pyridine rings is 1. The summed E-state index contributed by atoms with van der Waals surface area (Å²) >= 11 is 3.21. The number of carbonyl (C=O) groups is 2. The van der Waals surface area contributed by atoms with E-state index in [-0.39, 0.29) is 23.1 Å². The second kappa shape index (κ2) is 6.49. The summed E-state index contributed by atoms with van der Waals surface area (Å²) < 4.78 is 0.543. The van der Waals surface area contributed by atoms with Crippen LogP contribution < -0.4 is 5.32 Å². The molecule has 1 heterocycles. The van der Waals surface area contributed by atoms with Gasteiger partial charge in [-0.2, -0.15) is 0 Å². The number of aromatic carboxylic acids is 1. The van der Waals surface area contributed by atoms with Crippen LogP contribution in [0.15, 0.2) is 47.2 Å². The first-order valence-electron chi connectivity index (χ1n) is 6.22. The number of benzene rings is 1. The fourth-order valence-corrected chi connectivity index (χ4v) is 2.33. The van der Waals surface area contributed by atoms with Gasteiger partial charge in [0.1, 0.15) is 0 Å². The average Bonchev–Trinajstić information content (AvgIpc) is 2.47. The zero-order valence-corrected chi connectivity index (χ0v) is 12.8. The smallest absolute Gasteiger partial charge is 0.335 e. The maximum atomic E-state index is 12.2. The summed E-state index contributed by atoms with van der Waals surface area (Å²) in [7, 11) is 0. The molecular formula is C15H13BrN2O3. The molecule has 0 aliphatic carbocycles. The highest BCUT2D eigenvalue weighted by molar-refractivity contribution is 9.10. The van der Waals surface area contributed by atoms with Gasteiger partial charge in [0.15, 0.2) is 0 Å². The monoisotopic (exact) mass is 348 g/mol. The second-order valence-corrected chi connectivity index (χ2v) is 5.43. The number of hydrogen-bond donors (Lipinski definition) is 2. The molecular weight excluding hydrogens is 336 g/mol. The number of carboxylic acid groups (broad SMARTS) is 1. The van der Waals surface area contributed by atoms with Crippen LogP contribution in [-0.2, 0) is 0 Å². The van der Waals surface area contributed by atoms with Gasteiger partial charge >= 0.3 is 5.97 Å². The molecule has 2 N–H and O–H groups in total. The number of aromatic nitrogens is 1. The summed E-state index contributed by atoms with van der Waals surface area (Å²) in [5.74, 6) is -1.42. The van der Waals surface area contributed by atoms with Crippen LogP contribution in [0, 0.1) is 0 Å². The summed E-state index contributed by atoms with van der Waals surface area (Å²) in [6, 6.07) is 7.81. The summed E-state index contributed by atoms with van der Waals surface area (Å²) in [4.78, 5) is 27.2. The summed E-state index contributed by atoms with van der Waals surface area (Å²) in [5, 5.41) is 11.8. The van der Waals surface area contributed by atoms with E-state index >= 15 is 0 Å². The minimum absolute atomic E-state index is 0.0588. The van der Waals surface area contributed by atoms with Crippen LogP contribution in [0.25, 0.3) is 0 Å². The Morgan fingerprint density at radius 2 is 2.00 bits per heavy atom. The first-order chi connectivity index (χ1) is 9.97. The topological polar surface area (TPSA) is 79.3 Å². The molecule has 1 amide bonds. The Hall–Kier alpha value is -2.21. The number of halogens is 1. The van der Waals surface area contributed by atoms with Crippen LogP contribution in [0.5, 0.6) is 0 Å². The van der Waals surface area contributed by atoms with Crippen LogP contribution in [0.1, 0.15) is 39.2 Å². The van der Waals surface area contributed by atoms with E-state index in [9.17, 15) is 9.59 Å². The molecule has 5 nitrogen and oxygen atoms in total. The molecule has 0 spiro atoms. The van der Waals surface area contributed by atoms with Crippen LogP contribution in [0.3, 0.4) is 0 Å². The summed E-state index contributed by atoms with van der Waals surface area (Å²) in [6.07, 6.45) is 3.33. The maximum Gasteiger partial charge on any atom is 0.335 e. The lowest BCUT2D eigenvalue weighted by atomic mass is 10.1. The standard InChI is InChI=1S/C15H13BrN2O3/c1-9(10-3-2-4-17-8-10)18-14(19)11-5-12(15(20)21)7-13(16)6-11/h2-9H,1H3,(H,18,19)(H,20,21). The molecule has 0 saturated carbocycles. The van der Waals surface area contributed by atoms with Gasteiger partial charge < -0.3 is 10.4 Å². The van der Waals surface area contributed by atoms with Gasteiger partial charge in [-0.25, -0.2) is 4.79 Å². The third kappa shape index (κ3) is 3.88. The minimum Gasteiger partial charge on any atom is -0.478 e. The van der Waals surface area contributed by atoms with Crippen molar-refractivity contribution < 1.29 is 14.7 Å². The molecule has 0 radical (unpaired) electrons. The normalized spacial score (nSPS) is 11.7. The Morgan fingerprint density at radius 1 is 1.29 bits per heavy atom. The number of nitrogens with one attached hydrogen (secondary N) is 1. The van der Waals surface area contributed by atoms with Crippen molar-refractivity contribution >= 4 is 27.8 Å². The zero-order valence-electron chi connectivity index (χ0n) is 11.2. The van der Waals surface area contributed by atoms with Crippen LogP contribution >= 0.6 is 15.9 Å². The number of carbonyl (C=O) groups excluding carboxylic acids is 1. The summed E-state index contributed by atoms with van der Waals surface area (Å²) in [5.41, 5.74) is 1.22. The predicted molar refractivity (Wildman–Crippen MR) is 81.2 cm³/mol. The van der Waals surface area contributed by atoms with Gasteiger partial charge in [-0.15, -0.1) is 0 Å². The zero-order chi connectivity index (χ0) is 15.4. The van der Waals surface area contributed by atoms with Crippen LogP contribution in [-0.4, -0.2) is 22.0 Å². The van der Waals surface area contributed by atoms with Gasteiger partial charge in [0.2, 0.25) is 0 Å². The van der Waals surface area contributed by atoms with Gasteiger partial charge in [-0.05, 0) is 36.8 Å². The van der Waals surface area contributed by atoms with E-state index in [0.717, 1.165) is 5.56 Å². The molecule has 108 valence electrons. The third-order valence-corrected chi connectivity index (χ3v) is 3.40. The Labute approximate surface area is 130 Å². The van der Waals surface area contributed by atoms with Gasteiger partial charge in [-0.3, -0.25) is 9.78 Å². The van der Waals surface area contributed by atoms with Gasteiger partial charge in [-0.1, -0.05) is 22.0 Å². The Bertz CT molecular complexity index is 674. The molecule has 1 atom stereocenters. The van der Waals surface area contributed by atoms with Crippen molar-refractivity contribution in [2.75, 3.05) is 0 Å². The number of hydrogen-bond acceptors (Lipinski definition) is 3. The van der Waals surface area contributed by atoms with Crippen molar-refractivity contribution in [1.82, 2.24) is 10.3 Å². The van der Waals surface area contributed by atoms with Crippen molar-refractivity contribution in [3.63, 3.8) is 0 Å². The molecule has 0 bridgehead atoms. The Morgan fingerprint density at radius 3 is 2.62 bits per heavy atom. The van der Waals surface area contributed by atoms with Gasteiger partial charge in [0, 0.05) is 22.4 Å². The van der Waals surface area contributed by atoms with Crippen molar-refractivity contribution in [3.05, 3.63) is 63.9 Å². The number of rotatable bonds is 4. The van der Waals surface area contributed by atoms with E-state index < -0.39 is 5.97 Å².